The number of para-hydroxylation sites is 1. The number of halogens is 4. The fourth-order valence-electron chi connectivity index (χ4n) is 1.93. The van der Waals surface area contributed by atoms with Crippen molar-refractivity contribution < 1.29 is 9.53 Å². The third-order valence-electron chi connectivity index (χ3n) is 3.20. The summed E-state index contributed by atoms with van der Waals surface area (Å²) in [5, 5.41) is 8.31. The molecule has 1 atom stereocenters. The van der Waals surface area contributed by atoms with Crippen molar-refractivity contribution in [3.05, 3.63) is 64.6 Å². The van der Waals surface area contributed by atoms with Crippen molar-refractivity contribution in [1.29, 1.82) is 0 Å². The third-order valence-corrected chi connectivity index (χ3v) is 4.77. The van der Waals surface area contributed by atoms with Crippen LogP contribution < -0.4 is 16.0 Å². The molecule has 0 aliphatic rings. The summed E-state index contributed by atoms with van der Waals surface area (Å²) in [5.74, 6) is 0. The molecule has 2 aromatic carbocycles. The van der Waals surface area contributed by atoms with E-state index in [1.54, 1.807) is 0 Å². The monoisotopic (exact) mass is 509 g/mol. The quantitative estimate of drug-likeness (QED) is 0.287. The molecule has 1 amide bonds. The number of thiocarbonyl (C=S) groups is 1. The van der Waals surface area contributed by atoms with Crippen molar-refractivity contribution >= 4 is 79.8 Å². The van der Waals surface area contributed by atoms with Crippen LogP contribution in [-0.4, -0.2) is 21.2 Å². The minimum atomic E-state index is -1.87. The highest BCUT2D eigenvalue weighted by atomic mass is 79.9. The van der Waals surface area contributed by atoms with Crippen LogP contribution in [0.15, 0.2) is 59.1 Å². The number of carbonyl (C=O) groups is 1. The zero-order valence-electron chi connectivity index (χ0n) is 13.7. The van der Waals surface area contributed by atoms with Crippen molar-refractivity contribution in [3.63, 3.8) is 0 Å². The summed E-state index contributed by atoms with van der Waals surface area (Å²) in [7, 11) is 0. The van der Waals surface area contributed by atoms with Gasteiger partial charge in [-0.3, -0.25) is 5.32 Å². The van der Waals surface area contributed by atoms with Crippen LogP contribution in [0, 0.1) is 0 Å². The van der Waals surface area contributed by atoms with Gasteiger partial charge in [-0.15, -0.1) is 0 Å². The average molecular weight is 512 g/mol. The normalized spacial score (nSPS) is 12.0. The van der Waals surface area contributed by atoms with Crippen LogP contribution in [0.2, 0.25) is 0 Å². The number of ether oxygens (including phenoxy) is 1. The number of rotatable bonds is 5. The Hall–Kier alpha value is -1.25. The van der Waals surface area contributed by atoms with Gasteiger partial charge >= 0.3 is 6.09 Å². The fraction of sp³-hybridized carbons (Fsp3) is 0.176. The van der Waals surface area contributed by atoms with Gasteiger partial charge in [0.2, 0.25) is 3.79 Å². The lowest BCUT2D eigenvalue weighted by molar-refractivity contribution is 0.135. The first kappa shape index (κ1) is 22.0. The smallest absolute Gasteiger partial charge is 0.409 e. The van der Waals surface area contributed by atoms with Crippen LogP contribution in [-0.2, 0) is 11.3 Å². The Morgan fingerprint density at radius 3 is 2.33 bits per heavy atom. The summed E-state index contributed by atoms with van der Waals surface area (Å²) in [4.78, 5) is 12.0. The lowest BCUT2D eigenvalue weighted by Crippen LogP contribution is -2.56. The second-order valence-electron chi connectivity index (χ2n) is 5.26. The van der Waals surface area contributed by atoms with Crippen LogP contribution in [0.4, 0.5) is 10.5 Å². The summed E-state index contributed by atoms with van der Waals surface area (Å²) < 4.78 is 4.07. The number of anilines is 1. The highest BCUT2D eigenvalue weighted by molar-refractivity contribution is 9.10. The van der Waals surface area contributed by atoms with Gasteiger partial charge < -0.3 is 15.4 Å². The highest BCUT2D eigenvalue weighted by Crippen LogP contribution is 2.29. The minimum absolute atomic E-state index is 0.0823. The molecular weight excluding hydrogens is 497 g/mol. The van der Waals surface area contributed by atoms with Gasteiger partial charge in [0.05, 0.1) is 5.69 Å². The Balaban J connectivity index is 1.93. The maximum Gasteiger partial charge on any atom is 0.409 e. The Morgan fingerprint density at radius 2 is 1.70 bits per heavy atom. The molecule has 0 saturated carbocycles. The van der Waals surface area contributed by atoms with E-state index >= 15 is 0 Å². The Bertz CT molecular complexity index is 790. The molecule has 3 N–H and O–H groups in total. The second-order valence-corrected chi connectivity index (χ2v) is 8.89. The van der Waals surface area contributed by atoms with E-state index < -0.39 is 16.1 Å². The van der Waals surface area contributed by atoms with E-state index in [0.717, 1.165) is 10.0 Å². The molecule has 5 nitrogen and oxygen atoms in total. The molecule has 2 rings (SSSR count). The van der Waals surface area contributed by atoms with Crippen LogP contribution in [0.5, 0.6) is 0 Å². The molecule has 0 unspecified atom stereocenters. The van der Waals surface area contributed by atoms with Crippen molar-refractivity contribution in [3.8, 4) is 0 Å². The van der Waals surface area contributed by atoms with E-state index in [0.29, 0.717) is 5.69 Å². The second kappa shape index (κ2) is 10.3. The number of carbonyl (C=O) groups excluding carboxylic acids is 1. The standard InChI is InChI=1S/C17H15BrCl3N3O2S/c18-12-8-4-5-9-13(12)22-15(27)23-14(17(19,20)21)24-16(25)26-10-11-6-2-1-3-7-11/h1-9,14H,10H2,(H,24,25)(H2,22,23,27)/t14-/m1/s1. The molecule has 10 heteroatoms. The summed E-state index contributed by atoms with van der Waals surface area (Å²) in [5.41, 5.74) is 1.54. The topological polar surface area (TPSA) is 62.4 Å². The number of alkyl carbamates (subject to hydrolysis) is 1. The number of hydrogen-bond donors (Lipinski definition) is 3. The Morgan fingerprint density at radius 1 is 1.07 bits per heavy atom. The number of benzene rings is 2. The molecule has 0 aliphatic heterocycles. The third kappa shape index (κ3) is 7.71. The zero-order valence-corrected chi connectivity index (χ0v) is 18.4. The van der Waals surface area contributed by atoms with Crippen LogP contribution in [0.3, 0.4) is 0 Å². The molecule has 0 spiro atoms. The molecule has 144 valence electrons. The summed E-state index contributed by atoms with van der Waals surface area (Å²) in [6.07, 6.45) is -1.88. The lowest BCUT2D eigenvalue weighted by atomic mass is 10.2. The lowest BCUT2D eigenvalue weighted by Gasteiger charge is -2.27. The van der Waals surface area contributed by atoms with Gasteiger partial charge in [0.25, 0.3) is 0 Å². The van der Waals surface area contributed by atoms with E-state index in [1.807, 2.05) is 54.6 Å². The largest absolute Gasteiger partial charge is 0.445 e. The molecule has 2 aromatic rings. The van der Waals surface area contributed by atoms with Crippen LogP contribution in [0.1, 0.15) is 5.56 Å². The molecule has 0 saturated heterocycles. The molecule has 0 radical (unpaired) electrons. The molecule has 0 aromatic heterocycles. The number of alkyl halides is 3. The van der Waals surface area contributed by atoms with E-state index in [2.05, 4.69) is 31.9 Å². The van der Waals surface area contributed by atoms with Crippen molar-refractivity contribution in [2.24, 2.45) is 0 Å². The van der Waals surface area contributed by atoms with E-state index in [9.17, 15) is 4.79 Å². The predicted molar refractivity (Wildman–Crippen MR) is 117 cm³/mol. The summed E-state index contributed by atoms with van der Waals surface area (Å²) in [6.45, 7) is 0.0823. The molecule has 0 bridgehead atoms. The van der Waals surface area contributed by atoms with Gasteiger partial charge in [0.15, 0.2) is 11.3 Å². The number of hydrogen-bond acceptors (Lipinski definition) is 3. The first-order chi connectivity index (χ1) is 12.8. The SMILES string of the molecule is O=C(N[C@@H](NC(=S)Nc1ccccc1Br)C(Cl)(Cl)Cl)OCc1ccccc1. The first-order valence-electron chi connectivity index (χ1n) is 7.61. The highest BCUT2D eigenvalue weighted by Gasteiger charge is 2.35. The zero-order chi connectivity index (χ0) is 19.9. The summed E-state index contributed by atoms with van der Waals surface area (Å²) >= 11 is 26.4. The predicted octanol–water partition coefficient (Wildman–Crippen LogP) is 5.36. The van der Waals surface area contributed by atoms with Gasteiger partial charge in [-0.1, -0.05) is 77.3 Å². The molecule has 0 aliphatic carbocycles. The van der Waals surface area contributed by atoms with E-state index in [1.165, 1.54) is 0 Å². The van der Waals surface area contributed by atoms with Crippen molar-refractivity contribution in [2.45, 2.75) is 16.6 Å². The van der Waals surface area contributed by atoms with Gasteiger partial charge in [-0.25, -0.2) is 4.79 Å². The van der Waals surface area contributed by atoms with Crippen molar-refractivity contribution in [2.75, 3.05) is 5.32 Å². The fourth-order valence-corrected chi connectivity index (χ4v) is 2.87. The number of nitrogens with one attached hydrogen (secondary N) is 3. The van der Waals surface area contributed by atoms with Gasteiger partial charge in [-0.05, 0) is 45.8 Å². The van der Waals surface area contributed by atoms with E-state index in [4.69, 9.17) is 51.8 Å². The Kier molecular flexibility index (Phi) is 8.44. The number of amides is 1. The van der Waals surface area contributed by atoms with Gasteiger partial charge in [0.1, 0.15) is 6.61 Å². The summed E-state index contributed by atoms with van der Waals surface area (Å²) in [6, 6.07) is 16.6. The van der Waals surface area contributed by atoms with Crippen molar-refractivity contribution in [1.82, 2.24) is 10.6 Å². The van der Waals surface area contributed by atoms with Gasteiger partial charge in [0, 0.05) is 4.47 Å². The maximum absolute atomic E-state index is 12.0. The van der Waals surface area contributed by atoms with Crippen LogP contribution >= 0.6 is 63.0 Å². The minimum Gasteiger partial charge on any atom is -0.445 e. The molecule has 0 heterocycles. The van der Waals surface area contributed by atoms with Gasteiger partial charge in [-0.2, -0.15) is 0 Å². The maximum atomic E-state index is 12.0. The molecule has 27 heavy (non-hydrogen) atoms. The average Bonchev–Trinajstić information content (AvgIpc) is 2.61. The first-order valence-corrected chi connectivity index (χ1v) is 9.95. The Labute approximate surface area is 185 Å². The molecule has 0 fully saturated rings. The van der Waals surface area contributed by atoms with E-state index in [-0.39, 0.29) is 11.7 Å². The van der Waals surface area contributed by atoms with Crippen LogP contribution in [0.25, 0.3) is 0 Å². The molecular formula is C17H15BrCl3N3O2S.